The summed E-state index contributed by atoms with van der Waals surface area (Å²) in [4.78, 5) is 43.0. The molecular weight excluding hydrogens is 462 g/mol. The maximum Gasteiger partial charge on any atom is 0.293 e. The van der Waals surface area contributed by atoms with Crippen LogP contribution in [0.15, 0.2) is 57.6 Å². The normalized spacial score (nSPS) is 19.3. The van der Waals surface area contributed by atoms with E-state index in [1.165, 1.54) is 0 Å². The van der Waals surface area contributed by atoms with Crippen LogP contribution in [0.3, 0.4) is 0 Å². The highest BCUT2D eigenvalue weighted by Gasteiger charge is 2.53. The number of rotatable bonds is 3. The van der Waals surface area contributed by atoms with E-state index < -0.39 is 5.41 Å². The fraction of sp³-hybridized carbons (Fsp3) is 0.346. The minimum absolute atomic E-state index is 0.102. The Labute approximate surface area is 206 Å². The quantitative estimate of drug-likeness (QED) is 0.471. The number of fused-ring (bicyclic) bond motifs is 2. The van der Waals surface area contributed by atoms with Gasteiger partial charge in [-0.25, -0.2) is 0 Å². The van der Waals surface area contributed by atoms with E-state index in [-0.39, 0.29) is 35.9 Å². The fourth-order valence-electron chi connectivity index (χ4n) is 5.70. The Morgan fingerprint density at radius 1 is 0.917 bits per heavy atom. The molecule has 0 aliphatic carbocycles. The molecule has 2 saturated heterocycles. The topological polar surface area (TPSA) is 122 Å². The Kier molecular flexibility index (Phi) is 5.24. The number of nitrogens with one attached hydrogen (secondary N) is 1. The van der Waals surface area contributed by atoms with Crippen LogP contribution >= 0.6 is 0 Å². The number of benzene rings is 2. The molecule has 4 heterocycles. The van der Waals surface area contributed by atoms with E-state index in [2.05, 4.69) is 15.6 Å². The second-order valence-corrected chi connectivity index (χ2v) is 9.56. The van der Waals surface area contributed by atoms with Crippen molar-refractivity contribution in [1.82, 2.24) is 25.4 Å². The minimum Gasteiger partial charge on any atom is -0.359 e. The summed E-state index contributed by atoms with van der Waals surface area (Å²) in [6.45, 7) is 1.62. The van der Waals surface area contributed by atoms with Crippen LogP contribution in [-0.4, -0.2) is 71.1 Å². The Hall–Kier alpha value is -4.21. The summed E-state index contributed by atoms with van der Waals surface area (Å²) >= 11 is 0. The van der Waals surface area contributed by atoms with Gasteiger partial charge in [0.15, 0.2) is 11.3 Å². The lowest BCUT2D eigenvalue weighted by Crippen LogP contribution is -2.49. The van der Waals surface area contributed by atoms with Crippen LogP contribution in [0, 0.1) is 11.3 Å². The predicted octanol–water partition coefficient (Wildman–Crippen LogP) is 2.71. The summed E-state index contributed by atoms with van der Waals surface area (Å²) in [5.74, 6) is -0.767. The average Bonchev–Trinajstić information content (AvgIpc) is 3.63. The minimum atomic E-state index is -0.436. The van der Waals surface area contributed by atoms with E-state index >= 15 is 0 Å². The average molecular weight is 488 g/mol. The van der Waals surface area contributed by atoms with Gasteiger partial charge in [0.05, 0.1) is 16.7 Å². The zero-order valence-electron chi connectivity index (χ0n) is 19.8. The van der Waals surface area contributed by atoms with Crippen molar-refractivity contribution in [3.63, 3.8) is 0 Å². The first-order chi connectivity index (χ1) is 17.5. The van der Waals surface area contributed by atoms with Crippen molar-refractivity contribution in [3.05, 3.63) is 60.0 Å². The predicted molar refractivity (Wildman–Crippen MR) is 129 cm³/mol. The van der Waals surface area contributed by atoms with Gasteiger partial charge in [0.2, 0.25) is 11.7 Å². The number of likely N-dealkylation sites (tertiary alicyclic amines) is 2. The molecule has 1 N–H and O–H groups in total. The van der Waals surface area contributed by atoms with Crippen molar-refractivity contribution < 1.29 is 23.4 Å². The van der Waals surface area contributed by atoms with Crippen molar-refractivity contribution in [1.29, 1.82) is 0 Å². The first-order valence-electron chi connectivity index (χ1n) is 12.0. The van der Waals surface area contributed by atoms with Gasteiger partial charge >= 0.3 is 0 Å². The van der Waals surface area contributed by atoms with Crippen LogP contribution in [0.4, 0.5) is 0 Å². The molecule has 1 unspecified atom stereocenters. The molecule has 2 aromatic heterocycles. The van der Waals surface area contributed by atoms with Crippen molar-refractivity contribution in [2.24, 2.45) is 11.3 Å². The Morgan fingerprint density at radius 2 is 1.64 bits per heavy atom. The molecule has 10 heteroatoms. The number of amides is 3. The van der Waals surface area contributed by atoms with Gasteiger partial charge < -0.3 is 24.2 Å². The third-order valence-electron chi connectivity index (χ3n) is 7.70. The SMILES string of the molecule is CNC(=O)C1CN(C(=O)c2onc3ccccc23)CC12CCN(C(=O)c1noc3ccccc13)CC2. The van der Waals surface area contributed by atoms with Gasteiger partial charge in [-0.15, -0.1) is 0 Å². The maximum atomic E-state index is 13.4. The molecular formula is C26H25N5O5. The van der Waals surface area contributed by atoms with Gasteiger partial charge in [-0.2, -0.15) is 0 Å². The van der Waals surface area contributed by atoms with Crippen molar-refractivity contribution >= 4 is 39.6 Å². The molecule has 0 radical (unpaired) electrons. The summed E-state index contributed by atoms with van der Waals surface area (Å²) in [6, 6.07) is 14.5. The Morgan fingerprint density at radius 3 is 2.42 bits per heavy atom. The van der Waals surface area contributed by atoms with E-state index in [0.29, 0.717) is 60.0 Å². The first-order valence-corrected chi connectivity index (χ1v) is 12.0. The number of nitrogens with zero attached hydrogens (tertiary/aromatic N) is 4. The van der Waals surface area contributed by atoms with E-state index in [1.54, 1.807) is 35.0 Å². The van der Waals surface area contributed by atoms with Crippen molar-refractivity contribution in [2.75, 3.05) is 33.2 Å². The molecule has 36 heavy (non-hydrogen) atoms. The number of piperidine rings is 1. The van der Waals surface area contributed by atoms with Crippen LogP contribution in [-0.2, 0) is 4.79 Å². The molecule has 2 fully saturated rings. The molecule has 0 bridgehead atoms. The van der Waals surface area contributed by atoms with E-state index in [1.807, 2.05) is 30.3 Å². The fourth-order valence-corrected chi connectivity index (χ4v) is 5.70. The lowest BCUT2D eigenvalue weighted by atomic mass is 9.70. The maximum absolute atomic E-state index is 13.4. The van der Waals surface area contributed by atoms with Crippen LogP contribution in [0.1, 0.15) is 33.9 Å². The molecule has 2 aromatic carbocycles. The summed E-state index contributed by atoms with van der Waals surface area (Å²) in [6.07, 6.45) is 1.18. The third kappa shape index (κ3) is 3.43. The monoisotopic (exact) mass is 487 g/mol. The number of hydrogen-bond donors (Lipinski definition) is 1. The third-order valence-corrected chi connectivity index (χ3v) is 7.70. The number of carbonyl (C=O) groups excluding carboxylic acids is 3. The highest BCUT2D eigenvalue weighted by Crippen LogP contribution is 2.45. The first kappa shape index (κ1) is 22.3. The highest BCUT2D eigenvalue weighted by molar-refractivity contribution is 6.05. The number of aromatic nitrogens is 2. The zero-order valence-corrected chi connectivity index (χ0v) is 19.8. The zero-order chi connectivity index (χ0) is 24.9. The summed E-state index contributed by atoms with van der Waals surface area (Å²) in [5.41, 5.74) is 1.04. The molecule has 2 aliphatic rings. The Balaban J connectivity index is 1.23. The van der Waals surface area contributed by atoms with Crippen LogP contribution < -0.4 is 5.32 Å². The second-order valence-electron chi connectivity index (χ2n) is 9.56. The van der Waals surface area contributed by atoms with Gasteiger partial charge in [0.1, 0.15) is 5.52 Å². The molecule has 1 atom stereocenters. The molecule has 6 rings (SSSR count). The van der Waals surface area contributed by atoms with E-state index in [4.69, 9.17) is 9.05 Å². The van der Waals surface area contributed by atoms with E-state index in [9.17, 15) is 14.4 Å². The van der Waals surface area contributed by atoms with Crippen LogP contribution in [0.5, 0.6) is 0 Å². The number of carbonyl (C=O) groups is 3. The molecule has 1 spiro atoms. The van der Waals surface area contributed by atoms with Crippen LogP contribution in [0.2, 0.25) is 0 Å². The lowest BCUT2D eigenvalue weighted by Gasteiger charge is -2.41. The van der Waals surface area contributed by atoms with Gasteiger partial charge in [0.25, 0.3) is 11.8 Å². The second kappa shape index (κ2) is 8.47. The smallest absolute Gasteiger partial charge is 0.293 e. The molecule has 10 nitrogen and oxygen atoms in total. The number of para-hydroxylation sites is 1. The molecule has 0 saturated carbocycles. The molecule has 3 amide bonds. The van der Waals surface area contributed by atoms with E-state index in [0.717, 1.165) is 0 Å². The van der Waals surface area contributed by atoms with Gasteiger partial charge in [-0.05, 0) is 37.1 Å². The lowest BCUT2D eigenvalue weighted by molar-refractivity contribution is -0.128. The van der Waals surface area contributed by atoms with Crippen molar-refractivity contribution in [3.8, 4) is 0 Å². The standard InChI is InChI=1S/C26H25N5O5/c1-27-23(32)18-14-31(25(34)22-16-6-2-4-8-19(16)28-36-22)15-26(18)10-12-30(13-11-26)24(33)21-17-7-3-5-9-20(17)35-29-21/h2-9,18H,10-15H2,1H3,(H,27,32). The largest absolute Gasteiger partial charge is 0.359 e. The van der Waals surface area contributed by atoms with Crippen LogP contribution in [0.25, 0.3) is 21.9 Å². The summed E-state index contributed by atoms with van der Waals surface area (Å²) in [5, 5.41) is 12.1. The summed E-state index contributed by atoms with van der Waals surface area (Å²) in [7, 11) is 1.61. The van der Waals surface area contributed by atoms with Gasteiger partial charge in [-0.1, -0.05) is 34.6 Å². The number of hydrogen-bond acceptors (Lipinski definition) is 7. The highest BCUT2D eigenvalue weighted by atomic mass is 16.5. The molecule has 2 aliphatic heterocycles. The summed E-state index contributed by atoms with van der Waals surface area (Å²) < 4.78 is 10.7. The van der Waals surface area contributed by atoms with Crippen molar-refractivity contribution in [2.45, 2.75) is 12.8 Å². The van der Waals surface area contributed by atoms with Gasteiger partial charge in [-0.3, -0.25) is 14.4 Å². The Bertz CT molecular complexity index is 1480. The molecule has 184 valence electrons. The molecule has 4 aromatic rings. The van der Waals surface area contributed by atoms with Gasteiger partial charge in [0, 0.05) is 38.6 Å².